The van der Waals surface area contributed by atoms with Gasteiger partial charge in [0.1, 0.15) is 12.1 Å². The van der Waals surface area contributed by atoms with Gasteiger partial charge in [0, 0.05) is 38.3 Å². The first-order chi connectivity index (χ1) is 12.7. The minimum atomic E-state index is 0.461. The maximum atomic E-state index is 5.23. The lowest BCUT2D eigenvalue weighted by Gasteiger charge is -2.41. The van der Waals surface area contributed by atoms with Crippen molar-refractivity contribution in [1.82, 2.24) is 29.4 Å². The molecule has 142 valence electrons. The van der Waals surface area contributed by atoms with Crippen molar-refractivity contribution in [3.05, 3.63) is 18.1 Å². The monoisotopic (exact) mass is 359 g/mol. The van der Waals surface area contributed by atoms with Crippen LogP contribution in [0.2, 0.25) is 0 Å². The molecule has 26 heavy (non-hydrogen) atoms. The van der Waals surface area contributed by atoms with Gasteiger partial charge in [-0.2, -0.15) is 14.6 Å². The molecule has 4 heterocycles. The maximum Gasteiger partial charge on any atom is 0.254 e. The second-order valence-corrected chi connectivity index (χ2v) is 7.53. The third-order valence-electron chi connectivity index (χ3n) is 5.68. The molecule has 0 aromatic carbocycles. The van der Waals surface area contributed by atoms with Crippen molar-refractivity contribution in [3.63, 3.8) is 0 Å². The van der Waals surface area contributed by atoms with Crippen LogP contribution in [-0.2, 0) is 11.3 Å². The lowest BCUT2D eigenvalue weighted by atomic mass is 9.98. The van der Waals surface area contributed by atoms with E-state index in [-0.39, 0.29) is 0 Å². The van der Waals surface area contributed by atoms with Crippen LogP contribution >= 0.6 is 0 Å². The summed E-state index contributed by atoms with van der Waals surface area (Å²) in [4.78, 5) is 13.8. The summed E-state index contributed by atoms with van der Waals surface area (Å²) in [6.45, 7) is 5.27. The fraction of sp³-hybridized carbons (Fsp3) is 0.722. The Morgan fingerprint density at radius 1 is 1.15 bits per heavy atom. The standard InChI is InChI=1S/C18H29N7O/c1-23-7-5-16(6-8-23)24-9-3-14(4-10-24)21-17-11-15(12-26-2)22-18-19-13-20-25(17)18/h11,13-14,16,21H,3-10,12H2,1-2H3. The Hall–Kier alpha value is -1.77. The molecule has 2 aromatic rings. The summed E-state index contributed by atoms with van der Waals surface area (Å²) in [6, 6.07) is 3.25. The molecule has 0 spiro atoms. The molecule has 2 aliphatic heterocycles. The first kappa shape index (κ1) is 17.6. The molecule has 0 unspecified atom stereocenters. The van der Waals surface area contributed by atoms with E-state index in [1.165, 1.54) is 39.0 Å². The van der Waals surface area contributed by atoms with Gasteiger partial charge in [-0.3, -0.25) is 0 Å². The highest BCUT2D eigenvalue weighted by Gasteiger charge is 2.27. The topological polar surface area (TPSA) is 70.8 Å². The summed E-state index contributed by atoms with van der Waals surface area (Å²) in [5.41, 5.74) is 0.874. The summed E-state index contributed by atoms with van der Waals surface area (Å²) in [6.07, 6.45) is 6.47. The molecule has 2 fully saturated rings. The Labute approximate surface area is 154 Å². The summed E-state index contributed by atoms with van der Waals surface area (Å²) >= 11 is 0. The number of fused-ring (bicyclic) bond motifs is 1. The molecule has 0 aliphatic carbocycles. The van der Waals surface area contributed by atoms with E-state index in [0.29, 0.717) is 18.4 Å². The predicted octanol–water partition coefficient (Wildman–Crippen LogP) is 1.24. The second kappa shape index (κ2) is 7.85. The largest absolute Gasteiger partial charge is 0.378 e. The van der Waals surface area contributed by atoms with Gasteiger partial charge in [0.15, 0.2) is 0 Å². The Morgan fingerprint density at radius 2 is 1.92 bits per heavy atom. The van der Waals surface area contributed by atoms with Crippen LogP contribution in [0.3, 0.4) is 0 Å². The van der Waals surface area contributed by atoms with Crippen LogP contribution in [0.5, 0.6) is 0 Å². The van der Waals surface area contributed by atoms with Crippen LogP contribution in [0.15, 0.2) is 12.4 Å². The number of methoxy groups -OCH3 is 1. The van der Waals surface area contributed by atoms with Crippen molar-refractivity contribution in [2.75, 3.05) is 45.7 Å². The fourth-order valence-electron chi connectivity index (χ4n) is 4.16. The molecule has 0 atom stereocenters. The highest BCUT2D eigenvalue weighted by atomic mass is 16.5. The van der Waals surface area contributed by atoms with Crippen LogP contribution in [0, 0.1) is 0 Å². The number of nitrogens with one attached hydrogen (secondary N) is 1. The highest BCUT2D eigenvalue weighted by Crippen LogP contribution is 2.23. The lowest BCUT2D eigenvalue weighted by Crippen LogP contribution is -2.48. The van der Waals surface area contributed by atoms with E-state index in [1.807, 2.05) is 6.07 Å². The number of piperidine rings is 2. The highest BCUT2D eigenvalue weighted by molar-refractivity contribution is 5.45. The molecule has 8 nitrogen and oxygen atoms in total. The van der Waals surface area contributed by atoms with E-state index in [1.54, 1.807) is 18.0 Å². The summed E-state index contributed by atoms with van der Waals surface area (Å²) in [7, 11) is 3.91. The Bertz CT molecular complexity index is 717. The molecule has 2 saturated heterocycles. The van der Waals surface area contributed by atoms with Gasteiger partial charge >= 0.3 is 0 Å². The van der Waals surface area contributed by atoms with Crippen molar-refractivity contribution in [3.8, 4) is 0 Å². The number of hydrogen-bond donors (Lipinski definition) is 1. The average molecular weight is 359 g/mol. The number of hydrogen-bond acceptors (Lipinski definition) is 7. The number of nitrogens with zero attached hydrogens (tertiary/aromatic N) is 6. The zero-order valence-electron chi connectivity index (χ0n) is 15.8. The van der Waals surface area contributed by atoms with Gasteiger partial charge in [0.2, 0.25) is 0 Å². The molecule has 4 rings (SSSR count). The predicted molar refractivity (Wildman–Crippen MR) is 100 cm³/mol. The molecular formula is C18H29N7O. The van der Waals surface area contributed by atoms with Gasteiger partial charge in [-0.25, -0.2) is 4.98 Å². The minimum Gasteiger partial charge on any atom is -0.378 e. The van der Waals surface area contributed by atoms with Crippen LogP contribution in [0.4, 0.5) is 5.82 Å². The number of rotatable bonds is 5. The van der Waals surface area contributed by atoms with E-state index in [0.717, 1.165) is 30.4 Å². The summed E-state index contributed by atoms with van der Waals surface area (Å²) < 4.78 is 7.01. The van der Waals surface area contributed by atoms with Gasteiger partial charge < -0.3 is 19.9 Å². The fourth-order valence-corrected chi connectivity index (χ4v) is 4.16. The maximum absolute atomic E-state index is 5.23. The summed E-state index contributed by atoms with van der Waals surface area (Å²) in [5, 5.41) is 7.97. The zero-order chi connectivity index (χ0) is 17.9. The molecular weight excluding hydrogens is 330 g/mol. The number of anilines is 1. The molecule has 0 radical (unpaired) electrons. The first-order valence-corrected chi connectivity index (χ1v) is 9.60. The zero-order valence-corrected chi connectivity index (χ0v) is 15.8. The second-order valence-electron chi connectivity index (χ2n) is 7.53. The molecule has 1 N–H and O–H groups in total. The van der Waals surface area contributed by atoms with E-state index in [9.17, 15) is 0 Å². The molecule has 8 heteroatoms. The molecule has 2 aliphatic rings. The van der Waals surface area contributed by atoms with Gasteiger partial charge in [-0.1, -0.05) is 0 Å². The summed E-state index contributed by atoms with van der Waals surface area (Å²) in [5.74, 6) is 1.57. The van der Waals surface area contributed by atoms with Gasteiger partial charge in [0.25, 0.3) is 5.78 Å². The Morgan fingerprint density at radius 3 is 2.65 bits per heavy atom. The van der Waals surface area contributed by atoms with Crippen LogP contribution in [0.25, 0.3) is 5.78 Å². The van der Waals surface area contributed by atoms with Crippen molar-refractivity contribution >= 4 is 11.6 Å². The SMILES string of the molecule is COCc1cc(NC2CCN(C3CCN(C)CC3)CC2)n2ncnc2n1. The van der Waals surface area contributed by atoms with E-state index < -0.39 is 0 Å². The number of aromatic nitrogens is 4. The molecule has 2 aromatic heterocycles. The Balaban J connectivity index is 1.38. The quantitative estimate of drug-likeness (QED) is 0.861. The normalized spacial score (nSPS) is 21.5. The smallest absolute Gasteiger partial charge is 0.254 e. The van der Waals surface area contributed by atoms with Gasteiger partial charge in [0.05, 0.1) is 12.3 Å². The van der Waals surface area contributed by atoms with E-state index in [2.05, 4.69) is 37.2 Å². The molecule has 0 amide bonds. The van der Waals surface area contributed by atoms with Crippen LogP contribution in [0.1, 0.15) is 31.4 Å². The molecule has 0 bridgehead atoms. The van der Waals surface area contributed by atoms with E-state index >= 15 is 0 Å². The number of ether oxygens (including phenoxy) is 1. The third-order valence-corrected chi connectivity index (χ3v) is 5.68. The average Bonchev–Trinajstić information content (AvgIpc) is 3.12. The first-order valence-electron chi connectivity index (χ1n) is 9.60. The van der Waals surface area contributed by atoms with Crippen LogP contribution in [-0.4, -0.2) is 81.8 Å². The van der Waals surface area contributed by atoms with Crippen molar-refractivity contribution < 1.29 is 4.74 Å². The van der Waals surface area contributed by atoms with Crippen molar-refractivity contribution in [2.45, 2.75) is 44.4 Å². The number of likely N-dealkylation sites (tertiary alicyclic amines) is 2. The third kappa shape index (κ3) is 3.82. The van der Waals surface area contributed by atoms with Gasteiger partial charge in [-0.15, -0.1) is 0 Å². The van der Waals surface area contributed by atoms with Crippen LogP contribution < -0.4 is 5.32 Å². The van der Waals surface area contributed by atoms with Crippen molar-refractivity contribution in [2.24, 2.45) is 0 Å². The minimum absolute atomic E-state index is 0.461. The van der Waals surface area contributed by atoms with Gasteiger partial charge in [-0.05, 0) is 45.8 Å². The van der Waals surface area contributed by atoms with Crippen molar-refractivity contribution in [1.29, 1.82) is 0 Å². The lowest BCUT2D eigenvalue weighted by molar-refractivity contribution is 0.0993. The van der Waals surface area contributed by atoms with E-state index in [4.69, 9.17) is 4.74 Å². The Kier molecular flexibility index (Phi) is 5.33. The molecule has 0 saturated carbocycles.